The third-order valence-corrected chi connectivity index (χ3v) is 5.40. The molecule has 2 rings (SSSR count). The van der Waals surface area contributed by atoms with Crippen LogP contribution in [-0.4, -0.2) is 45.8 Å². The third kappa shape index (κ3) is 11.3. The van der Waals surface area contributed by atoms with Gasteiger partial charge in [0.15, 0.2) is 0 Å². The molecule has 10 heteroatoms. The van der Waals surface area contributed by atoms with Gasteiger partial charge < -0.3 is 21.7 Å². The number of rotatable bonds is 12. The predicted octanol–water partition coefficient (Wildman–Crippen LogP) is 2.75. The number of carbonyl (C=O) groups is 4. The van der Waals surface area contributed by atoms with Gasteiger partial charge in [0.1, 0.15) is 23.2 Å². The van der Waals surface area contributed by atoms with Crippen LogP contribution in [0.4, 0.5) is 8.78 Å². The zero-order valence-electron chi connectivity index (χ0n) is 20.2. The Morgan fingerprint density at radius 1 is 0.667 bits per heavy atom. The highest BCUT2D eigenvalue weighted by atomic mass is 19.1. The highest BCUT2D eigenvalue weighted by molar-refractivity contribution is 5.88. The molecule has 0 saturated carbocycles. The van der Waals surface area contributed by atoms with Gasteiger partial charge in [-0.1, -0.05) is 24.3 Å². The summed E-state index contributed by atoms with van der Waals surface area (Å²) >= 11 is 0. The first-order valence-corrected chi connectivity index (χ1v) is 11.3. The second-order valence-electron chi connectivity index (χ2n) is 8.65. The van der Waals surface area contributed by atoms with E-state index in [0.29, 0.717) is 11.1 Å². The molecule has 0 radical (unpaired) electrons. The van der Waals surface area contributed by atoms with Gasteiger partial charge in [-0.2, -0.15) is 0 Å². The minimum absolute atomic E-state index is 0.107. The lowest BCUT2D eigenvalue weighted by atomic mass is 9.93. The van der Waals surface area contributed by atoms with Crippen LogP contribution in [0.1, 0.15) is 37.8 Å². The molecule has 0 heterocycles. The highest BCUT2D eigenvalue weighted by Crippen LogP contribution is 2.16. The van der Waals surface area contributed by atoms with E-state index in [9.17, 15) is 28.0 Å². The van der Waals surface area contributed by atoms with Gasteiger partial charge in [0.2, 0.25) is 0 Å². The van der Waals surface area contributed by atoms with Crippen LogP contribution in [0.3, 0.4) is 0 Å². The number of hydrogen-bond acceptors (Lipinski definition) is 6. The van der Waals surface area contributed by atoms with E-state index in [2.05, 4.69) is 0 Å². The van der Waals surface area contributed by atoms with Gasteiger partial charge in [-0.15, -0.1) is 0 Å². The summed E-state index contributed by atoms with van der Waals surface area (Å²) in [6.45, 7) is 3.05. The fraction of sp³-hybridized carbons (Fsp3) is 0.385. The topological polar surface area (TPSA) is 161 Å². The van der Waals surface area contributed by atoms with E-state index in [0.717, 1.165) is 0 Å². The number of hydrogen-bond donors (Lipinski definition) is 4. The minimum Gasteiger partial charge on any atom is -0.481 e. The SMILES string of the molecule is C[C@H](N)C(=O)C[C@@H](Cc1ccc(F)cc1)C(=O)O.C[C@H](N)C(=O)C[C@H](Cc1ccc(F)cc1)C(=O)O. The Labute approximate surface area is 208 Å². The summed E-state index contributed by atoms with van der Waals surface area (Å²) in [5, 5.41) is 18.1. The van der Waals surface area contributed by atoms with Crippen LogP contribution in [-0.2, 0) is 32.0 Å². The molecule has 8 nitrogen and oxygen atoms in total. The number of halogens is 2. The first kappa shape index (κ1) is 30.5. The van der Waals surface area contributed by atoms with Crippen LogP contribution >= 0.6 is 0 Å². The lowest BCUT2D eigenvalue weighted by molar-refractivity contribution is -0.144. The molecule has 36 heavy (non-hydrogen) atoms. The third-order valence-electron chi connectivity index (χ3n) is 5.40. The smallest absolute Gasteiger partial charge is 0.307 e. The summed E-state index contributed by atoms with van der Waals surface area (Å²) in [5.41, 5.74) is 12.2. The quantitative estimate of drug-likeness (QED) is 0.342. The van der Waals surface area contributed by atoms with Crippen molar-refractivity contribution in [2.75, 3.05) is 0 Å². The number of carboxylic acids is 2. The van der Waals surface area contributed by atoms with Crippen molar-refractivity contribution in [2.45, 2.75) is 51.6 Å². The maximum absolute atomic E-state index is 12.7. The van der Waals surface area contributed by atoms with Crippen LogP contribution in [0.15, 0.2) is 48.5 Å². The van der Waals surface area contributed by atoms with Crippen molar-refractivity contribution < 1.29 is 38.2 Å². The summed E-state index contributed by atoms with van der Waals surface area (Å²) in [7, 11) is 0. The monoisotopic (exact) mass is 506 g/mol. The molecule has 0 aromatic heterocycles. The molecule has 0 saturated heterocycles. The van der Waals surface area contributed by atoms with Crippen LogP contribution < -0.4 is 11.5 Å². The molecule has 0 aliphatic rings. The largest absolute Gasteiger partial charge is 0.481 e. The fourth-order valence-electron chi connectivity index (χ4n) is 3.16. The standard InChI is InChI=1S/2C13H16FNO3/c2*1-8(15)12(16)7-10(13(17)18)6-9-2-4-11(14)5-3-9/h2*2-5,8,10H,6-7,15H2,1H3,(H,17,18)/t8-,10+;8-,10-/m00/s1. The highest BCUT2D eigenvalue weighted by Gasteiger charge is 2.24. The molecule has 2 aromatic carbocycles. The lowest BCUT2D eigenvalue weighted by Crippen LogP contribution is -2.31. The predicted molar refractivity (Wildman–Crippen MR) is 129 cm³/mol. The lowest BCUT2D eigenvalue weighted by Gasteiger charge is -2.13. The molecule has 4 atom stereocenters. The van der Waals surface area contributed by atoms with Crippen molar-refractivity contribution >= 4 is 23.5 Å². The maximum Gasteiger partial charge on any atom is 0.307 e. The molecule has 0 bridgehead atoms. The fourth-order valence-corrected chi connectivity index (χ4v) is 3.16. The summed E-state index contributed by atoms with van der Waals surface area (Å²) in [6.07, 6.45) is 0.164. The van der Waals surface area contributed by atoms with Crippen LogP contribution in [0.5, 0.6) is 0 Å². The number of benzene rings is 2. The Morgan fingerprint density at radius 2 is 0.944 bits per heavy atom. The van der Waals surface area contributed by atoms with E-state index in [1.807, 2.05) is 0 Å². The number of nitrogens with two attached hydrogens (primary N) is 2. The number of Topliss-reactive ketones (excluding diaryl/α,β-unsaturated/α-hetero) is 2. The van der Waals surface area contributed by atoms with E-state index in [1.165, 1.54) is 62.4 Å². The second-order valence-corrected chi connectivity index (χ2v) is 8.65. The first-order chi connectivity index (χ1) is 16.8. The number of aliphatic carboxylic acids is 2. The van der Waals surface area contributed by atoms with Crippen molar-refractivity contribution in [3.05, 3.63) is 71.3 Å². The normalized spacial score (nSPS) is 13.9. The number of carbonyl (C=O) groups excluding carboxylic acids is 2. The molecular formula is C26H32F2N2O6. The van der Waals surface area contributed by atoms with Crippen molar-refractivity contribution in [1.29, 1.82) is 0 Å². The van der Waals surface area contributed by atoms with Gasteiger partial charge in [-0.3, -0.25) is 19.2 Å². The molecule has 2 aromatic rings. The average Bonchev–Trinajstić information content (AvgIpc) is 2.80. The summed E-state index contributed by atoms with van der Waals surface area (Å²) in [6, 6.07) is 9.79. The molecule has 0 aliphatic carbocycles. The van der Waals surface area contributed by atoms with Gasteiger partial charge in [0.25, 0.3) is 0 Å². The number of carboxylic acid groups (broad SMARTS) is 2. The van der Waals surface area contributed by atoms with Gasteiger partial charge in [0.05, 0.1) is 23.9 Å². The molecule has 0 unspecified atom stereocenters. The molecule has 0 amide bonds. The van der Waals surface area contributed by atoms with E-state index >= 15 is 0 Å². The zero-order chi connectivity index (χ0) is 27.4. The Kier molecular flexibility index (Phi) is 12.5. The molecule has 6 N–H and O–H groups in total. The average molecular weight is 507 g/mol. The Hall–Kier alpha value is -3.50. The molecule has 196 valence electrons. The zero-order valence-corrected chi connectivity index (χ0v) is 20.2. The van der Waals surface area contributed by atoms with Gasteiger partial charge in [-0.05, 0) is 62.1 Å². The summed E-state index contributed by atoms with van der Waals surface area (Å²) < 4.78 is 25.4. The molecule has 0 fully saturated rings. The van der Waals surface area contributed by atoms with Gasteiger partial charge >= 0.3 is 11.9 Å². The Morgan fingerprint density at radius 3 is 1.17 bits per heavy atom. The van der Waals surface area contributed by atoms with Crippen LogP contribution in [0, 0.1) is 23.5 Å². The van der Waals surface area contributed by atoms with Crippen LogP contribution in [0.25, 0.3) is 0 Å². The minimum atomic E-state index is -1.05. The van der Waals surface area contributed by atoms with E-state index in [1.54, 1.807) is 0 Å². The van der Waals surface area contributed by atoms with Gasteiger partial charge in [0, 0.05) is 12.8 Å². The van der Waals surface area contributed by atoms with Crippen LogP contribution in [0.2, 0.25) is 0 Å². The van der Waals surface area contributed by atoms with E-state index in [-0.39, 0.29) is 48.9 Å². The maximum atomic E-state index is 12.7. The first-order valence-electron chi connectivity index (χ1n) is 11.3. The van der Waals surface area contributed by atoms with Crippen molar-refractivity contribution in [1.82, 2.24) is 0 Å². The van der Waals surface area contributed by atoms with E-state index < -0.39 is 35.9 Å². The van der Waals surface area contributed by atoms with Gasteiger partial charge in [-0.25, -0.2) is 8.78 Å². The Balaban J connectivity index is 0.000000360. The molecular weight excluding hydrogens is 474 g/mol. The van der Waals surface area contributed by atoms with E-state index in [4.69, 9.17) is 21.7 Å². The second kappa shape index (κ2) is 14.8. The molecule has 0 spiro atoms. The summed E-state index contributed by atoms with van der Waals surface area (Å²) in [5.74, 6) is -5.08. The van der Waals surface area contributed by atoms with Crippen molar-refractivity contribution in [2.24, 2.45) is 23.3 Å². The van der Waals surface area contributed by atoms with Crippen molar-refractivity contribution in [3.8, 4) is 0 Å². The summed E-state index contributed by atoms with van der Waals surface area (Å²) in [4.78, 5) is 45.0. The number of ketones is 2. The molecule has 0 aliphatic heterocycles. The van der Waals surface area contributed by atoms with Crippen molar-refractivity contribution in [3.63, 3.8) is 0 Å². The Bertz CT molecular complexity index is 940.